The van der Waals surface area contributed by atoms with E-state index in [4.69, 9.17) is 25.2 Å². The van der Waals surface area contributed by atoms with E-state index in [-0.39, 0.29) is 28.9 Å². The van der Waals surface area contributed by atoms with Crippen molar-refractivity contribution in [3.05, 3.63) is 21.6 Å². The Labute approximate surface area is 265 Å². The first-order valence-corrected chi connectivity index (χ1v) is 16.7. The molecule has 3 N–H and O–H groups in total. The van der Waals surface area contributed by atoms with Gasteiger partial charge in [-0.2, -0.15) is 20.5 Å². The highest BCUT2D eigenvalue weighted by molar-refractivity contribution is 7.16. The number of hydrogen-bond donors (Lipinski definition) is 2. The molecule has 1 saturated carbocycles. The first kappa shape index (κ1) is 28.6. The third kappa shape index (κ3) is 4.73. The van der Waals surface area contributed by atoms with Gasteiger partial charge in [-0.15, -0.1) is 11.3 Å². The van der Waals surface area contributed by atoms with Crippen LogP contribution in [0.1, 0.15) is 53.7 Å². The number of aryl methyl sites for hydroxylation is 1. The Morgan fingerprint density at radius 3 is 2.33 bits per heavy atom. The van der Waals surface area contributed by atoms with E-state index in [9.17, 15) is 20.4 Å². The maximum Gasteiger partial charge on any atom is 0.407 e. The van der Waals surface area contributed by atoms with Crippen LogP contribution < -0.4 is 20.3 Å². The van der Waals surface area contributed by atoms with Crippen molar-refractivity contribution in [1.82, 2.24) is 19.8 Å². The molecule has 2 aromatic rings. The zero-order valence-corrected chi connectivity index (χ0v) is 26.0. The third-order valence-electron chi connectivity index (χ3n) is 10.9. The van der Waals surface area contributed by atoms with Gasteiger partial charge in [0.1, 0.15) is 22.7 Å². The number of carbonyl (C=O) groups is 1. The average molecular weight is 632 g/mol. The Balaban J connectivity index is 1.09. The number of aromatic nitrogens is 2. The SMILES string of the molecule is N#Cc1c(N2C[C@H]3CC[C@@H](C2)N3C(=O)O)nc(OCC2(CN3CCOCC3)CC2)nc1N1CC2(CCc3sc(N)c(C#N)c32)C1. The summed E-state index contributed by atoms with van der Waals surface area (Å²) in [5.74, 6) is 1.06. The van der Waals surface area contributed by atoms with E-state index in [1.165, 1.54) is 16.2 Å². The van der Waals surface area contributed by atoms with E-state index in [1.54, 1.807) is 4.90 Å². The fraction of sp³-hybridized carbons (Fsp3) is 0.645. The van der Waals surface area contributed by atoms with Crippen LogP contribution in [-0.4, -0.2) is 109 Å². The smallest absolute Gasteiger partial charge is 0.407 e. The van der Waals surface area contributed by atoms with E-state index in [0.29, 0.717) is 60.5 Å². The number of anilines is 3. The highest BCUT2D eigenvalue weighted by atomic mass is 32.1. The van der Waals surface area contributed by atoms with E-state index in [0.717, 1.165) is 76.9 Å². The van der Waals surface area contributed by atoms with Crippen LogP contribution in [0.5, 0.6) is 6.01 Å². The average Bonchev–Trinajstić information content (AvgIpc) is 3.44. The van der Waals surface area contributed by atoms with E-state index < -0.39 is 6.09 Å². The summed E-state index contributed by atoms with van der Waals surface area (Å²) in [5, 5.41) is 30.8. The predicted octanol–water partition coefficient (Wildman–Crippen LogP) is 2.39. The minimum absolute atomic E-state index is 0.0643. The van der Waals surface area contributed by atoms with Crippen LogP contribution >= 0.6 is 11.3 Å². The molecule has 0 unspecified atom stereocenters. The lowest BCUT2D eigenvalue weighted by Crippen LogP contribution is -2.59. The van der Waals surface area contributed by atoms with Crippen molar-refractivity contribution >= 4 is 34.1 Å². The van der Waals surface area contributed by atoms with Gasteiger partial charge in [0.2, 0.25) is 0 Å². The zero-order valence-electron chi connectivity index (χ0n) is 25.2. The largest absolute Gasteiger partial charge is 0.465 e. The summed E-state index contributed by atoms with van der Waals surface area (Å²) in [6.07, 6.45) is 4.71. The fourth-order valence-electron chi connectivity index (χ4n) is 8.38. The molecule has 2 bridgehead atoms. The summed E-state index contributed by atoms with van der Waals surface area (Å²) < 4.78 is 11.9. The molecule has 0 radical (unpaired) electrons. The molecule has 14 heteroatoms. The molecule has 8 rings (SSSR count). The van der Waals surface area contributed by atoms with Crippen LogP contribution in [-0.2, 0) is 16.6 Å². The van der Waals surface area contributed by atoms with Crippen molar-refractivity contribution in [3.63, 3.8) is 0 Å². The lowest BCUT2D eigenvalue weighted by atomic mass is 9.74. The molecule has 0 aromatic carbocycles. The highest BCUT2D eigenvalue weighted by Crippen LogP contribution is 2.53. The van der Waals surface area contributed by atoms with Crippen molar-refractivity contribution in [2.75, 3.05) is 81.2 Å². The summed E-state index contributed by atoms with van der Waals surface area (Å²) in [5.41, 5.74) is 8.15. The monoisotopic (exact) mass is 631 g/mol. The molecule has 6 aliphatic rings. The second kappa shape index (κ2) is 10.6. The molecule has 2 atom stereocenters. The van der Waals surface area contributed by atoms with Crippen molar-refractivity contribution in [2.24, 2.45) is 5.41 Å². The van der Waals surface area contributed by atoms with Gasteiger partial charge >= 0.3 is 12.1 Å². The molecular weight excluding hydrogens is 594 g/mol. The summed E-state index contributed by atoms with van der Waals surface area (Å²) in [6.45, 7) is 7.03. The van der Waals surface area contributed by atoms with Crippen molar-refractivity contribution in [1.29, 1.82) is 10.5 Å². The van der Waals surface area contributed by atoms with Crippen LogP contribution in [0.25, 0.3) is 0 Å². The van der Waals surface area contributed by atoms with Gasteiger partial charge in [-0.1, -0.05) is 0 Å². The molecule has 236 valence electrons. The first-order chi connectivity index (χ1) is 21.8. The second-order valence-corrected chi connectivity index (χ2v) is 14.8. The van der Waals surface area contributed by atoms with Gasteiger partial charge < -0.3 is 30.1 Å². The van der Waals surface area contributed by atoms with Crippen molar-refractivity contribution in [3.8, 4) is 18.1 Å². The van der Waals surface area contributed by atoms with Gasteiger partial charge in [0.25, 0.3) is 0 Å². The Kier molecular flexibility index (Phi) is 6.75. The molecule has 2 aromatic heterocycles. The number of morpholine rings is 1. The summed E-state index contributed by atoms with van der Waals surface area (Å²) in [6, 6.07) is 4.71. The van der Waals surface area contributed by atoms with Crippen LogP contribution in [0.4, 0.5) is 21.4 Å². The van der Waals surface area contributed by atoms with Gasteiger partial charge in [0.05, 0.1) is 37.5 Å². The lowest BCUT2D eigenvalue weighted by Gasteiger charge is -2.49. The summed E-state index contributed by atoms with van der Waals surface area (Å²) in [7, 11) is 0. The predicted molar refractivity (Wildman–Crippen MR) is 166 cm³/mol. The van der Waals surface area contributed by atoms with Crippen molar-refractivity contribution in [2.45, 2.75) is 56.0 Å². The van der Waals surface area contributed by atoms with E-state index in [2.05, 4.69) is 26.8 Å². The van der Waals surface area contributed by atoms with Gasteiger partial charge in [0, 0.05) is 61.5 Å². The zero-order chi connectivity index (χ0) is 30.9. The van der Waals surface area contributed by atoms with E-state index >= 15 is 0 Å². The second-order valence-electron chi connectivity index (χ2n) is 13.7. The Hall–Kier alpha value is -3.85. The molecule has 2 aliphatic carbocycles. The van der Waals surface area contributed by atoms with Crippen LogP contribution in [0, 0.1) is 28.1 Å². The van der Waals surface area contributed by atoms with Crippen LogP contribution in [0.2, 0.25) is 0 Å². The van der Waals surface area contributed by atoms with E-state index in [1.807, 2.05) is 0 Å². The number of ether oxygens (including phenoxy) is 2. The number of nitriles is 2. The minimum atomic E-state index is -0.891. The Bertz CT molecular complexity index is 1600. The maximum atomic E-state index is 12.0. The summed E-state index contributed by atoms with van der Waals surface area (Å²) >= 11 is 1.52. The lowest BCUT2D eigenvalue weighted by molar-refractivity contribution is 0.0231. The van der Waals surface area contributed by atoms with Gasteiger partial charge in [-0.05, 0) is 44.1 Å². The van der Waals surface area contributed by atoms with Gasteiger partial charge in [-0.3, -0.25) is 9.80 Å². The Morgan fingerprint density at radius 1 is 1.04 bits per heavy atom. The molecule has 1 spiro atoms. The number of thiophene rings is 1. The molecule has 1 amide bonds. The molecule has 4 aliphatic heterocycles. The molecule has 6 heterocycles. The Morgan fingerprint density at radius 2 is 1.71 bits per heavy atom. The maximum absolute atomic E-state index is 12.0. The molecular formula is C31H37N9O4S. The quantitative estimate of drug-likeness (QED) is 0.459. The number of piperazine rings is 1. The van der Waals surface area contributed by atoms with Gasteiger partial charge in [-0.25, -0.2) is 4.79 Å². The number of carboxylic acid groups (broad SMARTS) is 1. The standard InChI is InChI=1S/C31H37N9O4S/c32-11-21-24-23(45-25(21)34)3-4-31(24)16-39(17-31)27-22(12-33)26(38-13-19-1-2-20(14-38)40(19)29(41)42)35-28(36-27)44-18-30(5-6-30)15-37-7-9-43-10-8-37/h19-20H,1-10,13-18,34H2,(H,41,42)/t19-,20+. The minimum Gasteiger partial charge on any atom is -0.465 e. The topological polar surface area (TPSA) is 168 Å². The molecule has 4 saturated heterocycles. The fourth-order valence-corrected chi connectivity index (χ4v) is 9.52. The van der Waals surface area contributed by atoms with Crippen LogP contribution in [0.3, 0.4) is 0 Å². The number of hydrogen-bond acceptors (Lipinski definition) is 12. The van der Waals surface area contributed by atoms with Crippen molar-refractivity contribution < 1.29 is 19.4 Å². The molecule has 45 heavy (non-hydrogen) atoms. The summed E-state index contributed by atoms with van der Waals surface area (Å²) in [4.78, 5) is 31.1. The molecule has 5 fully saturated rings. The normalized spacial score (nSPS) is 25.9. The highest BCUT2D eigenvalue weighted by Gasteiger charge is 2.53. The number of nitrogen functional groups attached to an aromatic ring is 1. The first-order valence-electron chi connectivity index (χ1n) is 15.9. The van der Waals surface area contributed by atoms with Crippen LogP contribution in [0.15, 0.2) is 0 Å². The number of amides is 1. The number of nitrogens with zero attached hydrogens (tertiary/aromatic N) is 8. The van der Waals surface area contributed by atoms with Gasteiger partial charge in [0.15, 0.2) is 11.6 Å². The number of nitrogens with two attached hydrogens (primary N) is 1. The third-order valence-corrected chi connectivity index (χ3v) is 11.9. The number of fused-ring (bicyclic) bond motifs is 4. The number of rotatable bonds is 7. The molecule has 13 nitrogen and oxygen atoms in total.